The number of halogens is 2. The van der Waals surface area contributed by atoms with Crippen molar-refractivity contribution in [2.45, 2.75) is 26.2 Å². The number of nitrogens with one attached hydrogen (secondary N) is 1. The molecule has 0 unspecified atom stereocenters. The predicted molar refractivity (Wildman–Crippen MR) is 82.8 cm³/mol. The van der Waals surface area contributed by atoms with E-state index in [1.807, 2.05) is 29.6 Å². The monoisotopic (exact) mass is 299 g/mol. The first kappa shape index (κ1) is 13.7. The Morgan fingerprint density at radius 2 is 1.78 bits per heavy atom. The molecular weight excluding hydrogens is 285 g/mol. The standard InChI is InChI=1S/C14H15Cl2NS/c1-14(2,3)9-7-10(15)11(16)8-12(9)17-13-5-4-6-18-13/h4-8,17H,1-3H3. The summed E-state index contributed by atoms with van der Waals surface area (Å²) in [7, 11) is 0. The molecule has 0 atom stereocenters. The molecule has 2 rings (SSSR count). The molecule has 0 aliphatic rings. The van der Waals surface area contributed by atoms with Gasteiger partial charge in [0.05, 0.1) is 15.0 Å². The summed E-state index contributed by atoms with van der Waals surface area (Å²) >= 11 is 13.9. The van der Waals surface area contributed by atoms with Crippen LogP contribution in [0.2, 0.25) is 10.0 Å². The van der Waals surface area contributed by atoms with Gasteiger partial charge >= 0.3 is 0 Å². The van der Waals surface area contributed by atoms with Gasteiger partial charge in [-0.05, 0) is 40.6 Å². The summed E-state index contributed by atoms with van der Waals surface area (Å²) in [6.45, 7) is 6.48. The summed E-state index contributed by atoms with van der Waals surface area (Å²) in [5.74, 6) is 0. The van der Waals surface area contributed by atoms with Crippen LogP contribution in [-0.4, -0.2) is 0 Å². The molecule has 4 heteroatoms. The fourth-order valence-corrected chi connectivity index (χ4v) is 2.71. The van der Waals surface area contributed by atoms with Crippen molar-refractivity contribution >= 4 is 45.2 Å². The lowest BCUT2D eigenvalue weighted by Gasteiger charge is -2.24. The highest BCUT2D eigenvalue weighted by molar-refractivity contribution is 7.14. The summed E-state index contributed by atoms with van der Waals surface area (Å²) in [4.78, 5) is 0. The van der Waals surface area contributed by atoms with Crippen molar-refractivity contribution in [2.24, 2.45) is 0 Å². The van der Waals surface area contributed by atoms with Crippen molar-refractivity contribution in [3.05, 3.63) is 45.3 Å². The second-order valence-electron chi connectivity index (χ2n) is 5.16. The molecule has 0 saturated heterocycles. The lowest BCUT2D eigenvalue weighted by molar-refractivity contribution is 0.592. The second-order valence-corrected chi connectivity index (χ2v) is 6.93. The first-order chi connectivity index (χ1) is 8.38. The van der Waals surface area contributed by atoms with Crippen LogP contribution in [-0.2, 0) is 5.41 Å². The first-order valence-corrected chi connectivity index (χ1v) is 7.31. The number of hydrogen-bond donors (Lipinski definition) is 1. The summed E-state index contributed by atoms with van der Waals surface area (Å²) in [6.07, 6.45) is 0. The van der Waals surface area contributed by atoms with Gasteiger partial charge in [0, 0.05) is 5.69 Å². The third-order valence-electron chi connectivity index (χ3n) is 2.65. The van der Waals surface area contributed by atoms with E-state index in [0.717, 1.165) is 16.3 Å². The van der Waals surface area contributed by atoms with Crippen LogP contribution < -0.4 is 5.32 Å². The molecule has 0 fully saturated rings. The number of benzene rings is 1. The van der Waals surface area contributed by atoms with Crippen LogP contribution in [0.25, 0.3) is 0 Å². The maximum atomic E-state index is 6.12. The summed E-state index contributed by atoms with van der Waals surface area (Å²) < 4.78 is 0. The fourth-order valence-electron chi connectivity index (χ4n) is 1.75. The third kappa shape index (κ3) is 3.00. The van der Waals surface area contributed by atoms with Gasteiger partial charge in [-0.2, -0.15) is 0 Å². The van der Waals surface area contributed by atoms with Crippen molar-refractivity contribution in [1.82, 2.24) is 0 Å². The van der Waals surface area contributed by atoms with E-state index in [2.05, 4.69) is 26.1 Å². The minimum absolute atomic E-state index is 0.00776. The van der Waals surface area contributed by atoms with Crippen LogP contribution in [0.3, 0.4) is 0 Å². The van der Waals surface area contributed by atoms with Gasteiger partial charge in [0.2, 0.25) is 0 Å². The molecule has 0 saturated carbocycles. The van der Waals surface area contributed by atoms with Crippen molar-refractivity contribution < 1.29 is 0 Å². The lowest BCUT2D eigenvalue weighted by Crippen LogP contribution is -2.13. The van der Waals surface area contributed by atoms with E-state index in [4.69, 9.17) is 23.2 Å². The molecule has 96 valence electrons. The third-order valence-corrected chi connectivity index (χ3v) is 4.15. The number of anilines is 2. The molecule has 1 aromatic heterocycles. The molecule has 0 aliphatic carbocycles. The quantitative estimate of drug-likeness (QED) is 0.707. The zero-order valence-electron chi connectivity index (χ0n) is 10.6. The SMILES string of the molecule is CC(C)(C)c1cc(Cl)c(Cl)cc1Nc1cccs1. The van der Waals surface area contributed by atoms with E-state index in [1.165, 1.54) is 0 Å². The van der Waals surface area contributed by atoms with E-state index < -0.39 is 0 Å². The van der Waals surface area contributed by atoms with Crippen LogP contribution >= 0.6 is 34.5 Å². The molecule has 1 aromatic carbocycles. The lowest BCUT2D eigenvalue weighted by atomic mass is 9.86. The van der Waals surface area contributed by atoms with E-state index >= 15 is 0 Å². The van der Waals surface area contributed by atoms with E-state index in [0.29, 0.717) is 10.0 Å². The topological polar surface area (TPSA) is 12.0 Å². The fraction of sp³-hybridized carbons (Fsp3) is 0.286. The largest absolute Gasteiger partial charge is 0.347 e. The second kappa shape index (κ2) is 5.12. The van der Waals surface area contributed by atoms with Gasteiger partial charge in [0.1, 0.15) is 0 Å². The van der Waals surface area contributed by atoms with Gasteiger partial charge in [-0.15, -0.1) is 11.3 Å². The summed E-state index contributed by atoms with van der Waals surface area (Å²) in [6, 6.07) is 7.89. The highest BCUT2D eigenvalue weighted by Crippen LogP contribution is 2.38. The minimum Gasteiger partial charge on any atom is -0.347 e. The molecule has 1 nitrogen and oxygen atoms in total. The van der Waals surface area contributed by atoms with Crippen LogP contribution in [0.4, 0.5) is 10.7 Å². The number of thiophene rings is 1. The van der Waals surface area contributed by atoms with Crippen molar-refractivity contribution in [2.75, 3.05) is 5.32 Å². The molecule has 0 bridgehead atoms. The maximum absolute atomic E-state index is 6.12. The van der Waals surface area contributed by atoms with Crippen LogP contribution in [0.5, 0.6) is 0 Å². The summed E-state index contributed by atoms with van der Waals surface area (Å²) in [5, 5.41) is 7.71. The van der Waals surface area contributed by atoms with Gasteiger partial charge in [-0.25, -0.2) is 0 Å². The van der Waals surface area contributed by atoms with Gasteiger partial charge < -0.3 is 5.32 Å². The summed E-state index contributed by atoms with van der Waals surface area (Å²) in [5.41, 5.74) is 2.18. The molecule has 2 aromatic rings. The van der Waals surface area contributed by atoms with Crippen LogP contribution in [0.1, 0.15) is 26.3 Å². The Kier molecular flexibility index (Phi) is 3.90. The van der Waals surface area contributed by atoms with Gasteiger partial charge in [-0.1, -0.05) is 44.0 Å². The van der Waals surface area contributed by atoms with Crippen LogP contribution in [0.15, 0.2) is 29.6 Å². The highest BCUT2D eigenvalue weighted by Gasteiger charge is 2.20. The number of rotatable bonds is 2. The Morgan fingerprint density at radius 1 is 1.11 bits per heavy atom. The zero-order chi connectivity index (χ0) is 13.3. The highest BCUT2D eigenvalue weighted by atomic mass is 35.5. The molecule has 0 amide bonds. The Labute approximate surface area is 122 Å². The first-order valence-electron chi connectivity index (χ1n) is 5.68. The molecule has 0 spiro atoms. The Morgan fingerprint density at radius 3 is 2.33 bits per heavy atom. The predicted octanol–water partition coefficient (Wildman–Crippen LogP) is 6.10. The molecule has 0 radical (unpaired) electrons. The van der Waals surface area contributed by atoms with Gasteiger partial charge in [0.15, 0.2) is 0 Å². The minimum atomic E-state index is 0.00776. The molecule has 1 heterocycles. The van der Waals surface area contributed by atoms with Crippen LogP contribution in [0, 0.1) is 0 Å². The zero-order valence-corrected chi connectivity index (χ0v) is 12.9. The molecular formula is C14H15Cl2NS. The molecule has 18 heavy (non-hydrogen) atoms. The Hall–Kier alpha value is -0.700. The Balaban J connectivity index is 2.47. The normalized spacial score (nSPS) is 11.6. The van der Waals surface area contributed by atoms with E-state index in [1.54, 1.807) is 11.3 Å². The molecule has 0 aliphatic heterocycles. The smallest absolute Gasteiger partial charge is 0.0926 e. The average molecular weight is 300 g/mol. The Bertz CT molecular complexity index is 542. The van der Waals surface area contributed by atoms with E-state index in [9.17, 15) is 0 Å². The van der Waals surface area contributed by atoms with E-state index in [-0.39, 0.29) is 5.41 Å². The van der Waals surface area contributed by atoms with Crippen molar-refractivity contribution in [1.29, 1.82) is 0 Å². The maximum Gasteiger partial charge on any atom is 0.0926 e. The van der Waals surface area contributed by atoms with Crippen molar-refractivity contribution in [3.8, 4) is 0 Å². The van der Waals surface area contributed by atoms with Gasteiger partial charge in [-0.3, -0.25) is 0 Å². The molecule has 1 N–H and O–H groups in total. The van der Waals surface area contributed by atoms with Crippen molar-refractivity contribution in [3.63, 3.8) is 0 Å². The van der Waals surface area contributed by atoms with Gasteiger partial charge in [0.25, 0.3) is 0 Å². The number of hydrogen-bond acceptors (Lipinski definition) is 2. The average Bonchev–Trinajstić information content (AvgIpc) is 2.74.